The zero-order valence-electron chi connectivity index (χ0n) is 14.8. The summed E-state index contributed by atoms with van der Waals surface area (Å²) < 4.78 is 13.2. The number of anilines is 1. The van der Waals surface area contributed by atoms with Gasteiger partial charge in [-0.2, -0.15) is 0 Å². The third-order valence-electron chi connectivity index (χ3n) is 5.05. The quantitative estimate of drug-likeness (QED) is 0.647. The van der Waals surface area contributed by atoms with E-state index >= 15 is 0 Å². The van der Waals surface area contributed by atoms with E-state index in [-0.39, 0.29) is 11.9 Å². The van der Waals surface area contributed by atoms with Crippen LogP contribution in [0, 0.1) is 19.7 Å². The first-order valence-corrected chi connectivity index (χ1v) is 8.81. The molecule has 0 atom stereocenters. The van der Waals surface area contributed by atoms with Crippen molar-refractivity contribution in [1.82, 2.24) is 4.98 Å². The fraction of sp³-hybridized carbons (Fsp3) is 0.400. The first kappa shape index (κ1) is 17.4. The second-order valence-electron chi connectivity index (χ2n) is 6.77. The highest BCUT2D eigenvalue weighted by Gasteiger charge is 2.23. The van der Waals surface area contributed by atoms with Crippen molar-refractivity contribution < 1.29 is 4.39 Å². The number of nitrogens with one attached hydrogen (secondary N) is 1. The van der Waals surface area contributed by atoms with Gasteiger partial charge in [0.25, 0.3) is 0 Å². The van der Waals surface area contributed by atoms with E-state index in [2.05, 4.69) is 35.2 Å². The molecular weight excluding hydrogens is 315 g/mol. The van der Waals surface area contributed by atoms with Crippen molar-refractivity contribution in [3.8, 4) is 0 Å². The Balaban J connectivity index is 1.59. The number of nitrogens with zero attached hydrogens (tertiary/aromatic N) is 2. The lowest BCUT2D eigenvalue weighted by molar-refractivity contribution is 0.396. The van der Waals surface area contributed by atoms with Gasteiger partial charge in [0, 0.05) is 17.6 Å². The topological polar surface area (TPSA) is 63.3 Å². The van der Waals surface area contributed by atoms with Gasteiger partial charge in [0.1, 0.15) is 5.82 Å². The van der Waals surface area contributed by atoms with Gasteiger partial charge in [-0.3, -0.25) is 4.98 Å². The van der Waals surface area contributed by atoms with E-state index in [9.17, 15) is 4.39 Å². The molecule has 0 radical (unpaired) electrons. The van der Waals surface area contributed by atoms with E-state index in [1.54, 1.807) is 12.1 Å². The average molecular weight is 340 g/mol. The van der Waals surface area contributed by atoms with Crippen LogP contribution >= 0.6 is 0 Å². The van der Waals surface area contributed by atoms with Crippen LogP contribution in [-0.4, -0.2) is 17.0 Å². The molecule has 132 valence electrons. The first-order valence-electron chi connectivity index (χ1n) is 8.81. The van der Waals surface area contributed by atoms with Crippen molar-refractivity contribution >= 4 is 11.6 Å². The second-order valence-corrected chi connectivity index (χ2v) is 6.77. The second kappa shape index (κ2) is 7.64. The fourth-order valence-electron chi connectivity index (χ4n) is 3.56. The SMILES string of the molecule is Cc1nccc(C2CCC(N=C(N)Nc3cccc(F)c3)CC2)c1C. The highest BCUT2D eigenvalue weighted by Crippen LogP contribution is 2.35. The maximum absolute atomic E-state index is 13.2. The van der Waals surface area contributed by atoms with Crippen LogP contribution in [0.1, 0.15) is 48.4 Å². The molecule has 0 saturated heterocycles. The fourth-order valence-corrected chi connectivity index (χ4v) is 3.56. The van der Waals surface area contributed by atoms with Crippen LogP contribution in [0.5, 0.6) is 0 Å². The van der Waals surface area contributed by atoms with Crippen molar-refractivity contribution in [2.75, 3.05) is 5.32 Å². The Kier molecular flexibility index (Phi) is 5.31. The highest BCUT2D eigenvalue weighted by atomic mass is 19.1. The smallest absolute Gasteiger partial charge is 0.193 e. The number of rotatable bonds is 3. The van der Waals surface area contributed by atoms with E-state index in [1.807, 2.05) is 6.20 Å². The van der Waals surface area contributed by atoms with Crippen LogP contribution in [0.25, 0.3) is 0 Å². The Morgan fingerprint density at radius 2 is 1.96 bits per heavy atom. The summed E-state index contributed by atoms with van der Waals surface area (Å²) in [5, 5.41) is 2.97. The minimum absolute atomic E-state index is 0.223. The molecule has 0 spiro atoms. The van der Waals surface area contributed by atoms with Crippen molar-refractivity contribution in [3.63, 3.8) is 0 Å². The van der Waals surface area contributed by atoms with Crippen molar-refractivity contribution in [2.24, 2.45) is 10.7 Å². The summed E-state index contributed by atoms with van der Waals surface area (Å²) in [6.07, 6.45) is 6.13. The molecule has 5 heteroatoms. The molecule has 3 rings (SSSR count). The molecule has 0 amide bonds. The number of guanidine groups is 1. The molecule has 1 fully saturated rings. The maximum atomic E-state index is 13.2. The largest absolute Gasteiger partial charge is 0.370 e. The summed E-state index contributed by atoms with van der Waals surface area (Å²) in [5.74, 6) is 0.636. The van der Waals surface area contributed by atoms with Gasteiger partial charge in [-0.25, -0.2) is 9.38 Å². The molecule has 1 aromatic heterocycles. The normalized spacial score (nSPS) is 21.2. The third-order valence-corrected chi connectivity index (χ3v) is 5.05. The number of nitrogens with two attached hydrogens (primary N) is 1. The first-order chi connectivity index (χ1) is 12.0. The number of aliphatic imine (C=N–C) groups is 1. The number of halogens is 1. The van der Waals surface area contributed by atoms with Crippen LogP contribution < -0.4 is 11.1 Å². The highest BCUT2D eigenvalue weighted by molar-refractivity contribution is 5.92. The third kappa shape index (κ3) is 4.35. The van der Waals surface area contributed by atoms with Crippen molar-refractivity contribution in [3.05, 3.63) is 59.2 Å². The van der Waals surface area contributed by atoms with Gasteiger partial charge in [0.2, 0.25) is 0 Å². The van der Waals surface area contributed by atoms with Gasteiger partial charge in [-0.15, -0.1) is 0 Å². The van der Waals surface area contributed by atoms with Crippen molar-refractivity contribution in [1.29, 1.82) is 0 Å². The molecule has 25 heavy (non-hydrogen) atoms. The summed E-state index contributed by atoms with van der Waals surface area (Å²) >= 11 is 0. The van der Waals surface area contributed by atoms with Gasteiger partial charge in [-0.1, -0.05) is 6.07 Å². The summed E-state index contributed by atoms with van der Waals surface area (Å²) in [4.78, 5) is 8.94. The number of benzene rings is 1. The van der Waals surface area contributed by atoms with E-state index in [0.29, 0.717) is 17.6 Å². The zero-order chi connectivity index (χ0) is 17.8. The molecule has 0 bridgehead atoms. The van der Waals surface area contributed by atoms with E-state index in [1.165, 1.54) is 23.3 Å². The average Bonchev–Trinajstić information content (AvgIpc) is 2.58. The molecule has 1 saturated carbocycles. The number of pyridine rings is 1. The van der Waals surface area contributed by atoms with Crippen LogP contribution in [0.4, 0.5) is 10.1 Å². The molecule has 3 N–H and O–H groups in total. The molecule has 1 aromatic carbocycles. The van der Waals surface area contributed by atoms with Gasteiger partial charge in [0.05, 0.1) is 6.04 Å². The lowest BCUT2D eigenvalue weighted by Gasteiger charge is -2.28. The standard InChI is InChI=1S/C20H25FN4/c1-13-14(2)23-11-10-19(13)15-6-8-17(9-7-15)24-20(22)25-18-5-3-4-16(21)12-18/h3-5,10-12,15,17H,6-9H2,1-2H3,(H3,22,24,25). The van der Waals surface area contributed by atoms with Gasteiger partial charge in [0.15, 0.2) is 5.96 Å². The Bertz CT molecular complexity index is 764. The molecule has 4 nitrogen and oxygen atoms in total. The lowest BCUT2D eigenvalue weighted by Crippen LogP contribution is -2.27. The van der Waals surface area contributed by atoms with Crippen LogP contribution in [-0.2, 0) is 0 Å². The maximum Gasteiger partial charge on any atom is 0.193 e. The van der Waals surface area contributed by atoms with E-state index < -0.39 is 0 Å². The van der Waals surface area contributed by atoms with E-state index in [4.69, 9.17) is 5.73 Å². The molecule has 2 aromatic rings. The number of hydrogen-bond donors (Lipinski definition) is 2. The Morgan fingerprint density at radius 1 is 1.20 bits per heavy atom. The summed E-state index contributed by atoms with van der Waals surface area (Å²) in [6.45, 7) is 4.22. The van der Waals surface area contributed by atoms with Gasteiger partial charge in [-0.05, 0) is 80.8 Å². The molecule has 1 aliphatic carbocycles. The Labute approximate surface area is 148 Å². The predicted octanol–water partition coefficient (Wildman–Crippen LogP) is 4.29. The zero-order valence-corrected chi connectivity index (χ0v) is 14.8. The molecular formula is C20H25FN4. The number of hydrogen-bond acceptors (Lipinski definition) is 2. The van der Waals surface area contributed by atoms with Crippen LogP contribution in [0.3, 0.4) is 0 Å². The Hall–Kier alpha value is -2.43. The molecule has 0 aliphatic heterocycles. The van der Waals surface area contributed by atoms with Crippen LogP contribution in [0.15, 0.2) is 41.5 Å². The number of aromatic nitrogens is 1. The summed E-state index contributed by atoms with van der Waals surface area (Å²) in [5.41, 5.74) is 10.4. The van der Waals surface area contributed by atoms with Crippen LogP contribution in [0.2, 0.25) is 0 Å². The molecule has 0 unspecified atom stereocenters. The monoisotopic (exact) mass is 340 g/mol. The predicted molar refractivity (Wildman–Crippen MR) is 100 cm³/mol. The van der Waals surface area contributed by atoms with Crippen molar-refractivity contribution in [2.45, 2.75) is 51.5 Å². The van der Waals surface area contributed by atoms with Gasteiger partial charge < -0.3 is 11.1 Å². The minimum Gasteiger partial charge on any atom is -0.370 e. The summed E-state index contributed by atoms with van der Waals surface area (Å²) in [6, 6.07) is 8.61. The number of aryl methyl sites for hydroxylation is 1. The Morgan fingerprint density at radius 3 is 2.68 bits per heavy atom. The molecule has 1 heterocycles. The minimum atomic E-state index is -0.290. The van der Waals surface area contributed by atoms with Gasteiger partial charge >= 0.3 is 0 Å². The summed E-state index contributed by atoms with van der Waals surface area (Å²) in [7, 11) is 0. The molecule has 1 aliphatic rings. The lowest BCUT2D eigenvalue weighted by atomic mass is 9.80. The van der Waals surface area contributed by atoms with E-state index in [0.717, 1.165) is 31.4 Å².